The lowest BCUT2D eigenvalue weighted by Crippen LogP contribution is -2.40. The lowest BCUT2D eigenvalue weighted by Gasteiger charge is -2.27. The first kappa shape index (κ1) is 12.4. The third-order valence-corrected chi connectivity index (χ3v) is 4.09. The Morgan fingerprint density at radius 1 is 1.18 bits per heavy atom. The average molecular weight is 239 g/mol. The number of carboxylic acids is 1. The molecule has 1 amide bonds. The van der Waals surface area contributed by atoms with E-state index in [1.807, 2.05) is 6.92 Å². The molecular formula is C13H21NO3. The minimum absolute atomic E-state index is 0.0651. The minimum Gasteiger partial charge on any atom is -0.481 e. The number of amides is 1. The molecule has 0 heterocycles. The number of nitrogens with one attached hydrogen (secondary N) is 1. The Hall–Kier alpha value is -1.06. The Labute approximate surface area is 102 Å². The second-order valence-electron chi connectivity index (χ2n) is 5.53. The van der Waals surface area contributed by atoms with Crippen LogP contribution in [0, 0.1) is 17.8 Å². The van der Waals surface area contributed by atoms with E-state index >= 15 is 0 Å². The monoisotopic (exact) mass is 239 g/mol. The molecule has 0 aliphatic heterocycles. The van der Waals surface area contributed by atoms with Gasteiger partial charge in [0.1, 0.15) is 0 Å². The molecule has 96 valence electrons. The standard InChI is InChI=1S/C13H21NO3/c1-8(9-5-6-9)14-12(15)10-3-2-4-11(7-10)13(16)17/h8-11H,2-7H2,1H3,(H,14,15)(H,16,17). The summed E-state index contributed by atoms with van der Waals surface area (Å²) in [5, 5.41) is 12.0. The normalized spacial score (nSPS) is 30.6. The molecule has 2 aliphatic rings. The zero-order valence-corrected chi connectivity index (χ0v) is 10.3. The van der Waals surface area contributed by atoms with Crippen LogP contribution in [0.3, 0.4) is 0 Å². The molecule has 2 fully saturated rings. The molecule has 2 rings (SSSR count). The van der Waals surface area contributed by atoms with E-state index in [2.05, 4.69) is 5.32 Å². The summed E-state index contributed by atoms with van der Waals surface area (Å²) in [5.74, 6) is -0.451. The second-order valence-corrected chi connectivity index (χ2v) is 5.53. The molecular weight excluding hydrogens is 218 g/mol. The third-order valence-electron chi connectivity index (χ3n) is 4.09. The highest BCUT2D eigenvalue weighted by Crippen LogP contribution is 2.33. The van der Waals surface area contributed by atoms with Crippen molar-refractivity contribution in [3.8, 4) is 0 Å². The van der Waals surface area contributed by atoms with E-state index < -0.39 is 5.97 Å². The maximum absolute atomic E-state index is 12.0. The van der Waals surface area contributed by atoms with Crippen LogP contribution in [0.1, 0.15) is 45.4 Å². The van der Waals surface area contributed by atoms with Gasteiger partial charge in [-0.1, -0.05) is 6.42 Å². The molecule has 0 bridgehead atoms. The molecule has 3 atom stereocenters. The highest BCUT2D eigenvalue weighted by Gasteiger charge is 2.34. The maximum atomic E-state index is 12.0. The van der Waals surface area contributed by atoms with Gasteiger partial charge in [-0.25, -0.2) is 0 Å². The van der Waals surface area contributed by atoms with Gasteiger partial charge in [0.25, 0.3) is 0 Å². The van der Waals surface area contributed by atoms with Gasteiger partial charge in [-0.3, -0.25) is 9.59 Å². The number of carbonyl (C=O) groups is 2. The number of rotatable bonds is 4. The van der Waals surface area contributed by atoms with Crippen molar-refractivity contribution in [1.29, 1.82) is 0 Å². The van der Waals surface area contributed by atoms with Gasteiger partial charge in [-0.2, -0.15) is 0 Å². The van der Waals surface area contributed by atoms with E-state index in [0.29, 0.717) is 12.3 Å². The van der Waals surface area contributed by atoms with Crippen molar-refractivity contribution in [2.75, 3.05) is 0 Å². The number of carboxylic acid groups (broad SMARTS) is 1. The van der Waals surface area contributed by atoms with E-state index in [0.717, 1.165) is 19.3 Å². The van der Waals surface area contributed by atoms with E-state index in [-0.39, 0.29) is 23.8 Å². The van der Waals surface area contributed by atoms with Gasteiger partial charge in [0.05, 0.1) is 5.92 Å². The first-order valence-electron chi connectivity index (χ1n) is 6.61. The Morgan fingerprint density at radius 3 is 2.41 bits per heavy atom. The van der Waals surface area contributed by atoms with Gasteiger partial charge in [0, 0.05) is 12.0 Å². The number of hydrogen-bond acceptors (Lipinski definition) is 2. The third kappa shape index (κ3) is 3.20. The summed E-state index contributed by atoms with van der Waals surface area (Å²) in [7, 11) is 0. The summed E-state index contributed by atoms with van der Waals surface area (Å²) in [6, 6.07) is 0.257. The Morgan fingerprint density at radius 2 is 1.82 bits per heavy atom. The summed E-state index contributed by atoms with van der Waals surface area (Å²) in [6.45, 7) is 2.05. The van der Waals surface area contributed by atoms with E-state index in [4.69, 9.17) is 5.11 Å². The predicted octanol–water partition coefficient (Wildman–Crippen LogP) is 1.79. The lowest BCUT2D eigenvalue weighted by atomic mass is 9.81. The van der Waals surface area contributed by atoms with Crippen LogP contribution in [-0.4, -0.2) is 23.0 Å². The molecule has 3 unspecified atom stereocenters. The molecule has 0 spiro atoms. The molecule has 0 aromatic carbocycles. The molecule has 2 saturated carbocycles. The fourth-order valence-electron chi connectivity index (χ4n) is 2.71. The number of aliphatic carboxylic acids is 1. The predicted molar refractivity (Wildman–Crippen MR) is 63.4 cm³/mol. The van der Waals surface area contributed by atoms with Crippen LogP contribution in [0.2, 0.25) is 0 Å². The first-order valence-corrected chi connectivity index (χ1v) is 6.61. The zero-order valence-electron chi connectivity index (χ0n) is 10.3. The topological polar surface area (TPSA) is 66.4 Å². The van der Waals surface area contributed by atoms with Gasteiger partial charge in [-0.05, 0) is 44.9 Å². The van der Waals surface area contributed by atoms with Crippen molar-refractivity contribution in [2.24, 2.45) is 17.8 Å². The fraction of sp³-hybridized carbons (Fsp3) is 0.846. The van der Waals surface area contributed by atoms with Gasteiger partial charge in [-0.15, -0.1) is 0 Å². The van der Waals surface area contributed by atoms with Crippen LogP contribution >= 0.6 is 0 Å². The Bertz CT molecular complexity index is 312. The second kappa shape index (κ2) is 5.07. The van der Waals surface area contributed by atoms with Crippen molar-refractivity contribution in [3.63, 3.8) is 0 Å². The average Bonchev–Trinajstić information content (AvgIpc) is 3.12. The molecule has 4 heteroatoms. The molecule has 2 aliphatic carbocycles. The maximum Gasteiger partial charge on any atom is 0.306 e. The SMILES string of the molecule is CC(NC(=O)C1CCCC(C(=O)O)C1)C1CC1. The van der Waals surface area contributed by atoms with Crippen molar-refractivity contribution in [2.45, 2.75) is 51.5 Å². The van der Waals surface area contributed by atoms with Gasteiger partial charge < -0.3 is 10.4 Å². The Kier molecular flexibility index (Phi) is 3.69. The van der Waals surface area contributed by atoms with Gasteiger partial charge in [0.2, 0.25) is 5.91 Å². The van der Waals surface area contributed by atoms with Crippen LogP contribution in [0.15, 0.2) is 0 Å². The molecule has 2 N–H and O–H groups in total. The van der Waals surface area contributed by atoms with E-state index in [1.165, 1.54) is 12.8 Å². The first-order chi connectivity index (χ1) is 8.08. The molecule has 17 heavy (non-hydrogen) atoms. The molecule has 4 nitrogen and oxygen atoms in total. The van der Waals surface area contributed by atoms with E-state index in [9.17, 15) is 9.59 Å². The molecule has 0 aromatic rings. The molecule has 0 radical (unpaired) electrons. The van der Waals surface area contributed by atoms with Crippen LogP contribution in [0.25, 0.3) is 0 Å². The summed E-state index contributed by atoms with van der Waals surface area (Å²) in [5.41, 5.74) is 0. The lowest BCUT2D eigenvalue weighted by molar-refractivity contribution is -0.144. The van der Waals surface area contributed by atoms with Crippen molar-refractivity contribution in [1.82, 2.24) is 5.32 Å². The van der Waals surface area contributed by atoms with Gasteiger partial charge >= 0.3 is 5.97 Å². The summed E-state index contributed by atoms with van der Waals surface area (Å²) in [6.07, 6.45) is 5.35. The van der Waals surface area contributed by atoms with Crippen LogP contribution in [0.5, 0.6) is 0 Å². The fourth-order valence-corrected chi connectivity index (χ4v) is 2.71. The van der Waals surface area contributed by atoms with Crippen LogP contribution < -0.4 is 5.32 Å². The smallest absolute Gasteiger partial charge is 0.306 e. The molecule has 0 aromatic heterocycles. The van der Waals surface area contributed by atoms with E-state index in [1.54, 1.807) is 0 Å². The van der Waals surface area contributed by atoms with Crippen LogP contribution in [0.4, 0.5) is 0 Å². The highest BCUT2D eigenvalue weighted by atomic mass is 16.4. The summed E-state index contributed by atoms with van der Waals surface area (Å²) in [4.78, 5) is 22.9. The number of hydrogen-bond donors (Lipinski definition) is 2. The van der Waals surface area contributed by atoms with Crippen molar-refractivity contribution in [3.05, 3.63) is 0 Å². The van der Waals surface area contributed by atoms with Gasteiger partial charge in [0.15, 0.2) is 0 Å². The summed E-state index contributed by atoms with van der Waals surface area (Å²) < 4.78 is 0. The molecule has 0 saturated heterocycles. The van der Waals surface area contributed by atoms with Crippen LogP contribution in [-0.2, 0) is 9.59 Å². The quantitative estimate of drug-likeness (QED) is 0.786. The number of carbonyl (C=O) groups excluding carboxylic acids is 1. The largest absolute Gasteiger partial charge is 0.481 e. The zero-order chi connectivity index (χ0) is 12.4. The Balaban J connectivity index is 1.83. The minimum atomic E-state index is -0.752. The van der Waals surface area contributed by atoms with Crippen molar-refractivity contribution >= 4 is 11.9 Å². The highest BCUT2D eigenvalue weighted by molar-refractivity contribution is 5.80. The van der Waals surface area contributed by atoms with Crippen molar-refractivity contribution < 1.29 is 14.7 Å². The summed E-state index contributed by atoms with van der Waals surface area (Å²) >= 11 is 0.